The smallest absolute Gasteiger partial charge is 0.342 e. The summed E-state index contributed by atoms with van der Waals surface area (Å²) < 4.78 is 18.1. The van der Waals surface area contributed by atoms with Gasteiger partial charge in [-0.2, -0.15) is 0 Å². The van der Waals surface area contributed by atoms with Gasteiger partial charge in [-0.3, -0.25) is 4.79 Å². The van der Waals surface area contributed by atoms with Crippen LogP contribution >= 0.6 is 0 Å². The van der Waals surface area contributed by atoms with Crippen LogP contribution in [0.1, 0.15) is 52.0 Å². The van der Waals surface area contributed by atoms with Crippen LogP contribution in [-0.4, -0.2) is 48.2 Å². The predicted molar refractivity (Wildman–Crippen MR) is 130 cm³/mol. The van der Waals surface area contributed by atoms with E-state index in [1.807, 2.05) is 58.0 Å². The maximum atomic E-state index is 12.8. The van der Waals surface area contributed by atoms with Crippen LogP contribution in [0.3, 0.4) is 0 Å². The lowest BCUT2D eigenvalue weighted by molar-refractivity contribution is 0.0475. The molecule has 0 saturated carbocycles. The fourth-order valence-electron chi connectivity index (χ4n) is 3.95. The van der Waals surface area contributed by atoms with Crippen molar-refractivity contribution in [3.05, 3.63) is 71.2 Å². The minimum Gasteiger partial charge on any atom is -0.494 e. The molecule has 0 amide bonds. The van der Waals surface area contributed by atoms with Crippen LogP contribution in [0, 0.1) is 13.8 Å². The third kappa shape index (κ3) is 5.82. The van der Waals surface area contributed by atoms with Gasteiger partial charge in [0.05, 0.1) is 19.3 Å². The Hall–Kier alpha value is -3.65. The van der Waals surface area contributed by atoms with Crippen molar-refractivity contribution in [3.8, 4) is 5.75 Å². The molecule has 2 aromatic heterocycles. The minimum atomic E-state index is -0.628. The number of aromatic nitrogens is 2. The normalized spacial score (nSPS) is 11.7. The molecule has 0 aliphatic heterocycles. The molecule has 0 spiro atoms. The van der Waals surface area contributed by atoms with E-state index in [1.165, 1.54) is 0 Å². The van der Waals surface area contributed by atoms with E-state index in [1.54, 1.807) is 25.4 Å². The fourth-order valence-corrected chi connectivity index (χ4v) is 3.95. The van der Waals surface area contributed by atoms with Gasteiger partial charge in [-0.25, -0.2) is 9.78 Å². The number of carbonyl (C=O) groups is 2. The van der Waals surface area contributed by atoms with E-state index >= 15 is 0 Å². The van der Waals surface area contributed by atoms with Crippen molar-refractivity contribution in [1.82, 2.24) is 9.55 Å². The highest BCUT2D eigenvalue weighted by atomic mass is 16.5. The van der Waals surface area contributed by atoms with Gasteiger partial charge in [-0.15, -0.1) is 0 Å². The maximum absolute atomic E-state index is 12.8. The summed E-state index contributed by atoms with van der Waals surface area (Å²) in [6, 6.07) is 12.5. The number of rotatable bonds is 11. The Bertz CT molecular complexity index is 1140. The topological polar surface area (TPSA) is 91.7 Å². The monoisotopic (exact) mass is 465 g/mol. The van der Waals surface area contributed by atoms with Crippen molar-refractivity contribution in [1.29, 1.82) is 0 Å². The van der Waals surface area contributed by atoms with E-state index in [0.29, 0.717) is 24.6 Å². The van der Waals surface area contributed by atoms with Gasteiger partial charge >= 0.3 is 5.97 Å². The van der Waals surface area contributed by atoms with Crippen LogP contribution in [0.25, 0.3) is 0 Å². The summed E-state index contributed by atoms with van der Waals surface area (Å²) in [6.45, 7) is 8.52. The summed E-state index contributed by atoms with van der Waals surface area (Å²) in [7, 11) is 1.65. The third-order valence-electron chi connectivity index (χ3n) is 5.42. The van der Waals surface area contributed by atoms with Crippen molar-refractivity contribution >= 4 is 23.3 Å². The molecule has 2 heterocycles. The summed E-state index contributed by atoms with van der Waals surface area (Å²) in [4.78, 5) is 29.9. The van der Waals surface area contributed by atoms with E-state index < -0.39 is 5.97 Å². The maximum Gasteiger partial charge on any atom is 0.342 e. The third-order valence-corrected chi connectivity index (χ3v) is 5.42. The number of nitrogens with one attached hydrogen (secondary N) is 1. The molecular formula is C26H31N3O5. The Morgan fingerprint density at radius 2 is 1.85 bits per heavy atom. The molecule has 0 fully saturated rings. The molecular weight excluding hydrogens is 434 g/mol. The number of benzene rings is 1. The van der Waals surface area contributed by atoms with Crippen molar-refractivity contribution in [2.24, 2.45) is 0 Å². The number of pyridine rings is 1. The summed E-state index contributed by atoms with van der Waals surface area (Å²) in [6.07, 6.45) is 1.58. The molecule has 0 radical (unpaired) electrons. The van der Waals surface area contributed by atoms with Gasteiger partial charge in [-0.05, 0) is 70.2 Å². The zero-order valence-electron chi connectivity index (χ0n) is 20.3. The van der Waals surface area contributed by atoms with Gasteiger partial charge < -0.3 is 24.1 Å². The zero-order chi connectivity index (χ0) is 24.7. The van der Waals surface area contributed by atoms with Crippen LogP contribution in [-0.2, 0) is 9.47 Å². The fraction of sp³-hybridized carbons (Fsp3) is 0.346. The second-order valence-electron chi connectivity index (χ2n) is 7.94. The molecule has 1 aromatic carbocycles. The lowest BCUT2D eigenvalue weighted by Gasteiger charge is -2.17. The molecule has 8 nitrogen and oxygen atoms in total. The second-order valence-corrected chi connectivity index (χ2v) is 7.94. The highest BCUT2D eigenvalue weighted by Crippen LogP contribution is 2.23. The van der Waals surface area contributed by atoms with E-state index in [9.17, 15) is 9.59 Å². The van der Waals surface area contributed by atoms with E-state index in [0.717, 1.165) is 22.8 Å². The van der Waals surface area contributed by atoms with Crippen molar-refractivity contribution in [3.63, 3.8) is 0 Å². The molecule has 0 bridgehead atoms. The second kappa shape index (κ2) is 11.5. The Balaban J connectivity index is 1.69. The molecule has 1 N–H and O–H groups in total. The van der Waals surface area contributed by atoms with Crippen LogP contribution in [0.4, 0.5) is 11.5 Å². The van der Waals surface area contributed by atoms with Crippen LogP contribution in [0.5, 0.6) is 5.75 Å². The van der Waals surface area contributed by atoms with E-state index in [2.05, 4.69) is 14.9 Å². The standard InChI is InChI=1S/C26H31N3O5/c1-6-33-21-11-9-20(10-12-21)28-25-22(8-7-13-27-25)26(31)34-16-24(30)23-14-17(2)29(19(23)4)18(3)15-32-5/h7-14,18H,6,15-16H2,1-5H3,(H,27,28). The van der Waals surface area contributed by atoms with Crippen LogP contribution in [0.2, 0.25) is 0 Å². The molecule has 180 valence electrons. The lowest BCUT2D eigenvalue weighted by Crippen LogP contribution is -2.17. The summed E-state index contributed by atoms with van der Waals surface area (Å²) >= 11 is 0. The minimum absolute atomic E-state index is 0.0840. The van der Waals surface area contributed by atoms with Gasteiger partial charge in [0.15, 0.2) is 6.61 Å². The van der Waals surface area contributed by atoms with Gasteiger partial charge in [0, 0.05) is 35.9 Å². The number of esters is 1. The number of anilines is 2. The predicted octanol–water partition coefficient (Wildman–Crippen LogP) is 4.89. The SMILES string of the molecule is CCOc1ccc(Nc2ncccc2C(=O)OCC(=O)c2cc(C)n(C(C)COC)c2C)cc1. The highest BCUT2D eigenvalue weighted by Gasteiger charge is 2.21. The number of ether oxygens (including phenoxy) is 3. The first-order valence-corrected chi connectivity index (χ1v) is 11.2. The highest BCUT2D eigenvalue weighted by molar-refractivity contribution is 6.01. The molecule has 8 heteroatoms. The lowest BCUT2D eigenvalue weighted by atomic mass is 10.1. The molecule has 3 rings (SSSR count). The average molecular weight is 466 g/mol. The molecule has 1 unspecified atom stereocenters. The number of aryl methyl sites for hydroxylation is 1. The largest absolute Gasteiger partial charge is 0.494 e. The first-order valence-electron chi connectivity index (χ1n) is 11.2. The zero-order valence-corrected chi connectivity index (χ0v) is 20.3. The Labute approximate surface area is 199 Å². The van der Waals surface area contributed by atoms with Gasteiger partial charge in [0.25, 0.3) is 0 Å². The van der Waals surface area contributed by atoms with Gasteiger partial charge in [-0.1, -0.05) is 0 Å². The van der Waals surface area contributed by atoms with Gasteiger partial charge in [0.2, 0.25) is 5.78 Å². The van der Waals surface area contributed by atoms with Crippen LogP contribution < -0.4 is 10.1 Å². The molecule has 0 saturated heterocycles. The number of nitrogens with zero attached hydrogens (tertiary/aromatic N) is 2. The van der Waals surface area contributed by atoms with E-state index in [4.69, 9.17) is 14.2 Å². The Morgan fingerprint density at radius 3 is 2.53 bits per heavy atom. The van der Waals surface area contributed by atoms with Crippen molar-refractivity contribution in [2.45, 2.75) is 33.7 Å². The Kier molecular flexibility index (Phi) is 8.43. The molecule has 1 atom stereocenters. The number of ketones is 1. The summed E-state index contributed by atoms with van der Waals surface area (Å²) in [5, 5.41) is 3.12. The van der Waals surface area contributed by atoms with Crippen molar-refractivity contribution in [2.75, 3.05) is 32.2 Å². The molecule has 0 aliphatic rings. The average Bonchev–Trinajstić information content (AvgIpc) is 3.13. The van der Waals surface area contributed by atoms with Crippen molar-refractivity contribution < 1.29 is 23.8 Å². The summed E-state index contributed by atoms with van der Waals surface area (Å²) in [5.74, 6) is 0.206. The molecule has 0 aliphatic carbocycles. The first kappa shape index (κ1) is 25.0. The number of carbonyl (C=O) groups excluding carboxylic acids is 2. The van der Waals surface area contributed by atoms with E-state index in [-0.39, 0.29) is 24.0 Å². The Morgan fingerprint density at radius 1 is 1.12 bits per heavy atom. The quantitative estimate of drug-likeness (QED) is 0.318. The molecule has 34 heavy (non-hydrogen) atoms. The van der Waals surface area contributed by atoms with Gasteiger partial charge in [0.1, 0.15) is 17.1 Å². The molecule has 3 aromatic rings. The number of hydrogen-bond donors (Lipinski definition) is 1. The number of hydrogen-bond acceptors (Lipinski definition) is 7. The number of Topliss-reactive ketones (excluding diaryl/α,β-unsaturated/α-hetero) is 1. The first-order chi connectivity index (χ1) is 16.3. The summed E-state index contributed by atoms with van der Waals surface area (Å²) in [5.41, 5.74) is 3.29. The van der Waals surface area contributed by atoms with Crippen LogP contribution in [0.15, 0.2) is 48.7 Å². The number of methoxy groups -OCH3 is 1.